The van der Waals surface area contributed by atoms with Crippen LogP contribution in [0.4, 0.5) is 8.78 Å². The Morgan fingerprint density at radius 1 is 1.40 bits per heavy atom. The highest BCUT2D eigenvalue weighted by Gasteiger charge is 2.16. The zero-order valence-corrected chi connectivity index (χ0v) is 8.11. The zero-order chi connectivity index (χ0) is 11.8. The van der Waals surface area contributed by atoms with Crippen molar-refractivity contribution in [3.05, 3.63) is 0 Å². The molecule has 0 rings (SSSR count). The third kappa shape index (κ3) is 9.07. The molecule has 0 bridgehead atoms. The quantitative estimate of drug-likeness (QED) is 0.656. The van der Waals surface area contributed by atoms with Crippen molar-refractivity contribution in [3.63, 3.8) is 0 Å². The SMILES string of the molecule is CC(=O)OC(CCC(=O)O)COC(F)F. The van der Waals surface area contributed by atoms with E-state index in [1.54, 1.807) is 0 Å². The van der Waals surface area contributed by atoms with Gasteiger partial charge >= 0.3 is 18.6 Å². The minimum Gasteiger partial charge on any atom is -0.481 e. The van der Waals surface area contributed by atoms with Crippen LogP contribution in [0.2, 0.25) is 0 Å². The molecule has 5 nitrogen and oxygen atoms in total. The van der Waals surface area contributed by atoms with Crippen molar-refractivity contribution < 1.29 is 33.0 Å². The van der Waals surface area contributed by atoms with Gasteiger partial charge in [0.15, 0.2) is 0 Å². The Kier molecular flexibility index (Phi) is 6.52. The van der Waals surface area contributed by atoms with Gasteiger partial charge in [0.2, 0.25) is 0 Å². The maximum Gasteiger partial charge on any atom is 0.345 e. The van der Waals surface area contributed by atoms with Gasteiger partial charge in [0.1, 0.15) is 6.10 Å². The fourth-order valence-corrected chi connectivity index (χ4v) is 0.876. The Hall–Kier alpha value is -1.24. The lowest BCUT2D eigenvalue weighted by Crippen LogP contribution is -2.24. The number of carbonyl (C=O) groups is 2. The van der Waals surface area contributed by atoms with Crippen LogP contribution in [0.1, 0.15) is 19.8 Å². The molecule has 0 aliphatic carbocycles. The molecule has 1 atom stereocenters. The van der Waals surface area contributed by atoms with E-state index in [0.717, 1.165) is 6.92 Å². The number of rotatable bonds is 7. The lowest BCUT2D eigenvalue weighted by atomic mass is 10.2. The van der Waals surface area contributed by atoms with E-state index in [9.17, 15) is 18.4 Å². The monoisotopic (exact) mass is 226 g/mol. The zero-order valence-electron chi connectivity index (χ0n) is 8.11. The summed E-state index contributed by atoms with van der Waals surface area (Å²) >= 11 is 0. The maximum atomic E-state index is 11.7. The number of hydrogen-bond acceptors (Lipinski definition) is 4. The van der Waals surface area contributed by atoms with Crippen LogP contribution in [0.5, 0.6) is 0 Å². The molecular formula is C8H12F2O5. The Bertz CT molecular complexity index is 219. The molecule has 15 heavy (non-hydrogen) atoms. The van der Waals surface area contributed by atoms with Gasteiger partial charge < -0.3 is 14.6 Å². The van der Waals surface area contributed by atoms with Crippen molar-refractivity contribution in [2.24, 2.45) is 0 Å². The van der Waals surface area contributed by atoms with Crippen LogP contribution in [-0.4, -0.2) is 36.4 Å². The van der Waals surface area contributed by atoms with Gasteiger partial charge in [0.05, 0.1) is 6.61 Å². The van der Waals surface area contributed by atoms with Gasteiger partial charge in [-0.1, -0.05) is 0 Å². The summed E-state index contributed by atoms with van der Waals surface area (Å²) in [5.74, 6) is -1.76. The summed E-state index contributed by atoms with van der Waals surface area (Å²) in [6, 6.07) is 0. The number of carbonyl (C=O) groups excluding carboxylic acids is 1. The van der Waals surface area contributed by atoms with E-state index in [-0.39, 0.29) is 12.8 Å². The van der Waals surface area contributed by atoms with Crippen molar-refractivity contribution in [2.75, 3.05) is 6.61 Å². The Labute approximate surface area is 85.0 Å². The maximum absolute atomic E-state index is 11.7. The molecule has 0 radical (unpaired) electrons. The standard InChI is InChI=1S/C8H12F2O5/c1-5(11)15-6(2-3-7(12)13)4-14-8(9)10/h6,8H,2-4H2,1H3,(H,12,13). The molecule has 0 saturated carbocycles. The molecule has 0 aromatic heterocycles. The van der Waals surface area contributed by atoms with Gasteiger partial charge in [-0.2, -0.15) is 8.78 Å². The normalized spacial score (nSPS) is 12.5. The first-order valence-corrected chi connectivity index (χ1v) is 4.20. The summed E-state index contributed by atoms with van der Waals surface area (Å²) in [5, 5.41) is 8.34. The van der Waals surface area contributed by atoms with Crippen molar-refractivity contribution in [2.45, 2.75) is 32.5 Å². The number of ether oxygens (including phenoxy) is 2. The molecule has 1 N–H and O–H groups in total. The van der Waals surface area contributed by atoms with Crippen molar-refractivity contribution in [1.82, 2.24) is 0 Å². The number of hydrogen-bond donors (Lipinski definition) is 1. The summed E-state index contributed by atoms with van der Waals surface area (Å²) in [4.78, 5) is 20.7. The van der Waals surface area contributed by atoms with E-state index in [0.29, 0.717) is 0 Å². The molecule has 0 aliphatic heterocycles. The Morgan fingerprint density at radius 3 is 2.40 bits per heavy atom. The van der Waals surface area contributed by atoms with Gasteiger partial charge in [0, 0.05) is 13.3 Å². The molecule has 0 saturated heterocycles. The fourth-order valence-electron chi connectivity index (χ4n) is 0.876. The van der Waals surface area contributed by atoms with Crippen LogP contribution >= 0.6 is 0 Å². The first kappa shape index (κ1) is 13.8. The smallest absolute Gasteiger partial charge is 0.345 e. The van der Waals surface area contributed by atoms with Crippen LogP contribution in [0.15, 0.2) is 0 Å². The lowest BCUT2D eigenvalue weighted by Gasteiger charge is -2.15. The predicted molar refractivity (Wildman–Crippen MR) is 44.4 cm³/mol. The van der Waals surface area contributed by atoms with Crippen LogP contribution < -0.4 is 0 Å². The molecule has 0 spiro atoms. The van der Waals surface area contributed by atoms with Crippen molar-refractivity contribution >= 4 is 11.9 Å². The third-order valence-corrected chi connectivity index (χ3v) is 1.42. The average Bonchev–Trinajstić information content (AvgIpc) is 2.08. The topological polar surface area (TPSA) is 72.8 Å². The molecular weight excluding hydrogens is 214 g/mol. The van der Waals surface area contributed by atoms with Crippen LogP contribution in [0, 0.1) is 0 Å². The van der Waals surface area contributed by atoms with Crippen LogP contribution in [0.3, 0.4) is 0 Å². The number of carboxylic acid groups (broad SMARTS) is 1. The summed E-state index contributed by atoms with van der Waals surface area (Å²) in [6.07, 6.45) is -1.28. The van der Waals surface area contributed by atoms with E-state index in [4.69, 9.17) is 5.11 Å². The van der Waals surface area contributed by atoms with Crippen molar-refractivity contribution in [3.8, 4) is 0 Å². The Morgan fingerprint density at radius 2 is 2.00 bits per heavy atom. The summed E-state index contributed by atoms with van der Waals surface area (Å²) in [6.45, 7) is -2.37. The molecule has 0 heterocycles. The van der Waals surface area contributed by atoms with E-state index < -0.39 is 31.3 Å². The molecule has 7 heteroatoms. The number of halogens is 2. The molecule has 0 fully saturated rings. The molecule has 0 aliphatic rings. The molecule has 1 unspecified atom stereocenters. The van der Waals surface area contributed by atoms with Crippen LogP contribution in [-0.2, 0) is 19.1 Å². The largest absolute Gasteiger partial charge is 0.481 e. The third-order valence-electron chi connectivity index (χ3n) is 1.42. The summed E-state index contributed by atoms with van der Waals surface area (Å²) in [5.41, 5.74) is 0. The van der Waals surface area contributed by atoms with E-state index >= 15 is 0 Å². The highest BCUT2D eigenvalue weighted by Crippen LogP contribution is 2.06. The number of carboxylic acids is 1. The second kappa shape index (κ2) is 7.10. The highest BCUT2D eigenvalue weighted by atomic mass is 19.3. The Balaban J connectivity index is 3.94. The van der Waals surface area contributed by atoms with Crippen molar-refractivity contribution in [1.29, 1.82) is 0 Å². The predicted octanol–water partition coefficient (Wildman–Crippen LogP) is 1.02. The second-order valence-corrected chi connectivity index (χ2v) is 2.76. The lowest BCUT2D eigenvalue weighted by molar-refractivity contribution is -0.170. The molecule has 0 aromatic carbocycles. The highest BCUT2D eigenvalue weighted by molar-refractivity contribution is 5.67. The van der Waals surface area contributed by atoms with E-state index in [1.165, 1.54) is 0 Å². The van der Waals surface area contributed by atoms with Gasteiger partial charge in [-0.25, -0.2) is 0 Å². The number of aliphatic carboxylic acids is 1. The number of esters is 1. The first-order chi connectivity index (χ1) is 6.91. The second-order valence-electron chi connectivity index (χ2n) is 2.76. The van der Waals surface area contributed by atoms with Crippen LogP contribution in [0.25, 0.3) is 0 Å². The van der Waals surface area contributed by atoms with Gasteiger partial charge in [-0.3, -0.25) is 9.59 Å². The first-order valence-electron chi connectivity index (χ1n) is 4.20. The van der Waals surface area contributed by atoms with Gasteiger partial charge in [-0.15, -0.1) is 0 Å². The van der Waals surface area contributed by atoms with Gasteiger partial charge in [-0.05, 0) is 6.42 Å². The summed E-state index contributed by atoms with van der Waals surface area (Å²) < 4.78 is 31.8. The molecule has 88 valence electrons. The fraction of sp³-hybridized carbons (Fsp3) is 0.750. The minimum atomic E-state index is -2.96. The average molecular weight is 226 g/mol. The molecule has 0 amide bonds. The molecule has 0 aromatic rings. The van der Waals surface area contributed by atoms with Gasteiger partial charge in [0.25, 0.3) is 0 Å². The van der Waals surface area contributed by atoms with E-state index in [2.05, 4.69) is 9.47 Å². The minimum absolute atomic E-state index is 0.0539. The summed E-state index contributed by atoms with van der Waals surface area (Å²) in [7, 11) is 0. The number of alkyl halides is 2. The van der Waals surface area contributed by atoms with E-state index in [1.807, 2.05) is 0 Å².